The molecule has 0 fully saturated rings. The Labute approximate surface area is 132 Å². The zero-order chi connectivity index (χ0) is 17.5. The van der Waals surface area contributed by atoms with Gasteiger partial charge in [-0.15, -0.1) is 0 Å². The number of hydrogen-bond donors (Lipinski definition) is 3. The summed E-state index contributed by atoms with van der Waals surface area (Å²) < 4.78 is 43.6. The van der Waals surface area contributed by atoms with Crippen molar-refractivity contribution in [3.63, 3.8) is 0 Å². The molecule has 5 nitrogen and oxygen atoms in total. The van der Waals surface area contributed by atoms with Crippen LogP contribution in [0.2, 0.25) is 0 Å². The SMILES string of the molecule is CC(COc1ccccc1C(F)(F)F)NC(=O)N[C@H](C)CCO. The standard InChI is InChI=1S/C15H21F3N2O3/c1-10(7-8-21)19-14(22)20-11(2)9-23-13-6-4-3-5-12(13)15(16,17)18/h3-6,10-11,21H,7-9H2,1-2H3,(H2,19,20,22)/t10-,11?/m1/s1. The van der Waals surface area contributed by atoms with Crippen LogP contribution in [-0.2, 0) is 6.18 Å². The number of halogens is 3. The quantitative estimate of drug-likeness (QED) is 0.718. The summed E-state index contributed by atoms with van der Waals surface area (Å²) in [6, 6.07) is 3.75. The second-order valence-electron chi connectivity index (χ2n) is 5.24. The Hall–Kier alpha value is -1.96. The highest BCUT2D eigenvalue weighted by molar-refractivity contribution is 5.74. The molecule has 1 unspecified atom stereocenters. The first-order chi connectivity index (χ1) is 10.7. The van der Waals surface area contributed by atoms with Crippen LogP contribution in [0.25, 0.3) is 0 Å². The zero-order valence-corrected chi connectivity index (χ0v) is 13.0. The molecule has 3 N–H and O–H groups in total. The first kappa shape index (κ1) is 19.1. The molecular weight excluding hydrogens is 313 g/mol. The Morgan fingerprint density at radius 2 is 1.83 bits per heavy atom. The second-order valence-corrected chi connectivity index (χ2v) is 5.24. The van der Waals surface area contributed by atoms with Crippen LogP contribution in [0.5, 0.6) is 5.75 Å². The number of hydrogen-bond acceptors (Lipinski definition) is 3. The van der Waals surface area contributed by atoms with Crippen LogP contribution in [0, 0.1) is 0 Å². The van der Waals surface area contributed by atoms with Gasteiger partial charge in [-0.1, -0.05) is 12.1 Å². The third-order valence-corrected chi connectivity index (χ3v) is 3.00. The van der Waals surface area contributed by atoms with Crippen LogP contribution in [0.4, 0.5) is 18.0 Å². The van der Waals surface area contributed by atoms with E-state index in [1.165, 1.54) is 18.2 Å². The molecule has 0 saturated carbocycles. The number of aliphatic hydroxyl groups is 1. The highest BCUT2D eigenvalue weighted by Gasteiger charge is 2.34. The van der Waals surface area contributed by atoms with Crippen LogP contribution in [0.1, 0.15) is 25.8 Å². The lowest BCUT2D eigenvalue weighted by molar-refractivity contribution is -0.139. The van der Waals surface area contributed by atoms with Gasteiger partial charge in [-0.2, -0.15) is 13.2 Å². The maximum Gasteiger partial charge on any atom is 0.419 e. The summed E-state index contributed by atoms with van der Waals surface area (Å²) in [5.41, 5.74) is -0.854. The Balaban J connectivity index is 2.51. The zero-order valence-electron chi connectivity index (χ0n) is 13.0. The predicted octanol–water partition coefficient (Wildman–Crippen LogP) is 2.54. The van der Waals surface area contributed by atoms with Crippen molar-refractivity contribution >= 4 is 6.03 Å². The Bertz CT molecular complexity index is 509. The van der Waals surface area contributed by atoms with Gasteiger partial charge in [-0.3, -0.25) is 0 Å². The molecule has 130 valence electrons. The molecule has 2 atom stereocenters. The van der Waals surface area contributed by atoms with E-state index in [2.05, 4.69) is 10.6 Å². The average Bonchev–Trinajstić information content (AvgIpc) is 2.44. The number of alkyl halides is 3. The molecule has 0 radical (unpaired) electrons. The van der Waals surface area contributed by atoms with Gasteiger partial charge in [0.05, 0.1) is 11.6 Å². The first-order valence-corrected chi connectivity index (χ1v) is 7.21. The molecule has 0 aliphatic carbocycles. The lowest BCUT2D eigenvalue weighted by Gasteiger charge is -2.19. The minimum Gasteiger partial charge on any atom is -0.491 e. The molecule has 1 rings (SSSR count). The van der Waals surface area contributed by atoms with Crippen LogP contribution < -0.4 is 15.4 Å². The van der Waals surface area contributed by atoms with Gasteiger partial charge in [-0.05, 0) is 32.4 Å². The summed E-state index contributed by atoms with van der Waals surface area (Å²) >= 11 is 0. The fourth-order valence-electron chi connectivity index (χ4n) is 1.84. The molecule has 0 saturated heterocycles. The van der Waals surface area contributed by atoms with E-state index in [9.17, 15) is 18.0 Å². The van der Waals surface area contributed by atoms with Crippen LogP contribution in [-0.4, -0.2) is 36.4 Å². The largest absolute Gasteiger partial charge is 0.491 e. The first-order valence-electron chi connectivity index (χ1n) is 7.21. The molecule has 8 heteroatoms. The number of carbonyl (C=O) groups excluding carboxylic acids is 1. The molecule has 2 amide bonds. The molecule has 1 aromatic rings. The van der Waals surface area contributed by atoms with Gasteiger partial charge in [0, 0.05) is 12.6 Å². The predicted molar refractivity (Wildman–Crippen MR) is 79.2 cm³/mol. The smallest absolute Gasteiger partial charge is 0.419 e. The van der Waals surface area contributed by atoms with Crippen molar-refractivity contribution in [1.82, 2.24) is 10.6 Å². The van der Waals surface area contributed by atoms with Crippen molar-refractivity contribution in [2.75, 3.05) is 13.2 Å². The van der Waals surface area contributed by atoms with E-state index in [0.29, 0.717) is 6.42 Å². The number of nitrogens with one attached hydrogen (secondary N) is 2. The van der Waals surface area contributed by atoms with Crippen molar-refractivity contribution in [3.05, 3.63) is 29.8 Å². The average molecular weight is 334 g/mol. The van der Waals surface area contributed by atoms with Gasteiger partial charge in [0.1, 0.15) is 12.4 Å². The molecule has 0 aromatic heterocycles. The number of urea groups is 1. The second kappa shape index (κ2) is 8.61. The van der Waals surface area contributed by atoms with Crippen molar-refractivity contribution < 1.29 is 27.8 Å². The van der Waals surface area contributed by atoms with Gasteiger partial charge < -0.3 is 20.5 Å². The van der Waals surface area contributed by atoms with Gasteiger partial charge >= 0.3 is 12.2 Å². The highest BCUT2D eigenvalue weighted by atomic mass is 19.4. The summed E-state index contributed by atoms with van der Waals surface area (Å²) in [6.45, 7) is 3.20. The van der Waals surface area contributed by atoms with Gasteiger partial charge in [-0.25, -0.2) is 4.79 Å². The summed E-state index contributed by atoms with van der Waals surface area (Å²) in [6.07, 6.45) is -4.08. The van der Waals surface area contributed by atoms with Gasteiger partial charge in [0.25, 0.3) is 0 Å². The van der Waals surface area contributed by atoms with Crippen molar-refractivity contribution in [2.45, 2.75) is 38.5 Å². The topological polar surface area (TPSA) is 70.6 Å². The molecule has 0 spiro atoms. The number of amides is 2. The summed E-state index contributed by atoms with van der Waals surface area (Å²) in [7, 11) is 0. The number of ether oxygens (including phenoxy) is 1. The number of rotatable bonds is 7. The van der Waals surface area contributed by atoms with E-state index in [0.717, 1.165) is 6.07 Å². The van der Waals surface area contributed by atoms with E-state index in [1.54, 1.807) is 13.8 Å². The van der Waals surface area contributed by atoms with E-state index in [-0.39, 0.29) is 25.0 Å². The van der Waals surface area contributed by atoms with E-state index in [4.69, 9.17) is 9.84 Å². The van der Waals surface area contributed by atoms with Crippen molar-refractivity contribution in [1.29, 1.82) is 0 Å². The third-order valence-electron chi connectivity index (χ3n) is 3.00. The molecular formula is C15H21F3N2O3. The van der Waals surface area contributed by atoms with Gasteiger partial charge in [0.2, 0.25) is 0 Å². The fraction of sp³-hybridized carbons (Fsp3) is 0.533. The number of carbonyl (C=O) groups is 1. The lowest BCUT2D eigenvalue weighted by atomic mass is 10.2. The summed E-state index contributed by atoms with van der Waals surface area (Å²) in [5, 5.41) is 13.9. The van der Waals surface area contributed by atoms with E-state index < -0.39 is 23.8 Å². The van der Waals surface area contributed by atoms with Gasteiger partial charge in [0.15, 0.2) is 0 Å². The van der Waals surface area contributed by atoms with Crippen LogP contribution in [0.3, 0.4) is 0 Å². The van der Waals surface area contributed by atoms with E-state index in [1.807, 2.05) is 0 Å². The Morgan fingerprint density at radius 3 is 2.43 bits per heavy atom. The Kier molecular flexibility index (Phi) is 7.15. The van der Waals surface area contributed by atoms with Crippen LogP contribution in [0.15, 0.2) is 24.3 Å². The molecule has 0 aliphatic rings. The van der Waals surface area contributed by atoms with Crippen molar-refractivity contribution in [3.8, 4) is 5.75 Å². The van der Waals surface area contributed by atoms with E-state index >= 15 is 0 Å². The molecule has 23 heavy (non-hydrogen) atoms. The minimum atomic E-state index is -4.50. The highest BCUT2D eigenvalue weighted by Crippen LogP contribution is 2.35. The molecule has 1 aromatic carbocycles. The maximum absolute atomic E-state index is 12.8. The third kappa shape index (κ3) is 6.77. The Morgan fingerprint density at radius 1 is 1.22 bits per heavy atom. The monoisotopic (exact) mass is 334 g/mol. The lowest BCUT2D eigenvalue weighted by Crippen LogP contribution is -2.46. The van der Waals surface area contributed by atoms with Crippen LogP contribution >= 0.6 is 0 Å². The summed E-state index contributed by atoms with van der Waals surface area (Å²) in [5.74, 6) is -0.275. The molecule has 0 heterocycles. The number of aliphatic hydroxyl groups excluding tert-OH is 1. The number of benzene rings is 1. The molecule has 0 bridgehead atoms. The fourth-order valence-corrected chi connectivity index (χ4v) is 1.84. The minimum absolute atomic E-state index is 0.0473. The number of para-hydroxylation sites is 1. The van der Waals surface area contributed by atoms with Crippen molar-refractivity contribution in [2.24, 2.45) is 0 Å². The maximum atomic E-state index is 12.8. The molecule has 0 aliphatic heterocycles. The summed E-state index contributed by atoms with van der Waals surface area (Å²) in [4.78, 5) is 11.6. The normalized spacial score (nSPS) is 14.0.